The highest BCUT2D eigenvalue weighted by molar-refractivity contribution is 6.30. The number of anilines is 1. The van der Waals surface area contributed by atoms with Crippen molar-refractivity contribution in [2.24, 2.45) is 5.41 Å². The number of allylic oxidation sites excluding steroid dienone is 2. The molecular formula is C23H21ClFNO2. The molecule has 1 aliphatic heterocycles. The predicted molar refractivity (Wildman–Crippen MR) is 108 cm³/mol. The lowest BCUT2D eigenvalue weighted by atomic mass is 9.69. The number of rotatable bonds is 2. The third-order valence-corrected chi connectivity index (χ3v) is 5.75. The molecule has 0 radical (unpaired) electrons. The smallest absolute Gasteiger partial charge is 0.232 e. The van der Waals surface area contributed by atoms with Gasteiger partial charge in [-0.15, -0.1) is 0 Å². The highest BCUT2D eigenvalue weighted by Gasteiger charge is 2.44. The highest BCUT2D eigenvalue weighted by Crippen LogP contribution is 2.48. The average Bonchev–Trinajstić information content (AvgIpc) is 2.62. The molecule has 1 heterocycles. The van der Waals surface area contributed by atoms with Gasteiger partial charge in [0.25, 0.3) is 0 Å². The first kappa shape index (κ1) is 18.9. The normalized spacial score (nSPS) is 21.7. The van der Waals surface area contributed by atoms with Gasteiger partial charge in [0.2, 0.25) is 5.91 Å². The Morgan fingerprint density at radius 3 is 2.29 bits per heavy atom. The second kappa shape index (κ2) is 6.85. The molecule has 0 bridgehead atoms. The summed E-state index contributed by atoms with van der Waals surface area (Å²) < 4.78 is 13.4. The second-order valence-electron chi connectivity index (χ2n) is 8.32. The summed E-state index contributed by atoms with van der Waals surface area (Å²) >= 11 is 6.01. The van der Waals surface area contributed by atoms with Gasteiger partial charge in [-0.2, -0.15) is 0 Å². The molecule has 0 aromatic heterocycles. The summed E-state index contributed by atoms with van der Waals surface area (Å²) in [7, 11) is 0. The van der Waals surface area contributed by atoms with E-state index >= 15 is 0 Å². The number of carbonyl (C=O) groups excluding carboxylic acids is 2. The zero-order chi connectivity index (χ0) is 20.1. The topological polar surface area (TPSA) is 37.4 Å². The van der Waals surface area contributed by atoms with Gasteiger partial charge in [-0.05, 0) is 53.8 Å². The molecule has 5 heteroatoms. The van der Waals surface area contributed by atoms with Crippen molar-refractivity contribution in [2.45, 2.75) is 39.0 Å². The van der Waals surface area contributed by atoms with Crippen molar-refractivity contribution in [1.82, 2.24) is 0 Å². The maximum atomic E-state index is 13.4. The van der Waals surface area contributed by atoms with Crippen LogP contribution in [-0.2, 0) is 9.59 Å². The minimum absolute atomic E-state index is 0.0748. The molecule has 2 aromatic rings. The molecular weight excluding hydrogens is 377 g/mol. The number of hydrogen-bond donors (Lipinski definition) is 0. The third-order valence-electron chi connectivity index (χ3n) is 5.50. The number of halogens is 2. The molecule has 0 spiro atoms. The van der Waals surface area contributed by atoms with Crippen LogP contribution in [0, 0.1) is 11.2 Å². The standard InChI is InChI=1S/C23H21ClFNO2/c1-23(2)12-19-22(20(27)13-23)18(14-3-5-15(24)6-4-14)11-21(28)26(19)17-9-7-16(25)8-10-17/h3-10,18H,11-13H2,1-2H3. The van der Waals surface area contributed by atoms with E-state index in [4.69, 9.17) is 11.6 Å². The fraction of sp³-hybridized carbons (Fsp3) is 0.304. The van der Waals surface area contributed by atoms with E-state index in [-0.39, 0.29) is 35.3 Å². The Hall–Kier alpha value is -2.46. The Kier molecular flexibility index (Phi) is 4.62. The number of ketones is 1. The number of benzene rings is 2. The molecule has 4 rings (SSSR count). The van der Waals surface area contributed by atoms with Gasteiger partial charge in [0.15, 0.2) is 5.78 Å². The average molecular weight is 398 g/mol. The predicted octanol–water partition coefficient (Wildman–Crippen LogP) is 5.64. The van der Waals surface area contributed by atoms with Crippen molar-refractivity contribution >= 4 is 29.0 Å². The van der Waals surface area contributed by atoms with Crippen LogP contribution in [0.1, 0.15) is 44.6 Å². The second-order valence-corrected chi connectivity index (χ2v) is 8.75. The van der Waals surface area contributed by atoms with E-state index in [9.17, 15) is 14.0 Å². The molecule has 0 fully saturated rings. The van der Waals surface area contributed by atoms with Gasteiger partial charge in [0.1, 0.15) is 5.82 Å². The fourth-order valence-electron chi connectivity index (χ4n) is 4.28. The van der Waals surface area contributed by atoms with E-state index in [2.05, 4.69) is 0 Å². The van der Waals surface area contributed by atoms with E-state index in [0.717, 1.165) is 11.3 Å². The van der Waals surface area contributed by atoms with E-state index in [1.54, 1.807) is 29.2 Å². The molecule has 28 heavy (non-hydrogen) atoms. The number of hydrogen-bond acceptors (Lipinski definition) is 2. The van der Waals surface area contributed by atoms with Crippen molar-refractivity contribution in [3.63, 3.8) is 0 Å². The van der Waals surface area contributed by atoms with E-state index in [1.807, 2.05) is 26.0 Å². The summed E-state index contributed by atoms with van der Waals surface area (Å²) in [6, 6.07) is 13.2. The van der Waals surface area contributed by atoms with Gasteiger partial charge in [0, 0.05) is 40.7 Å². The van der Waals surface area contributed by atoms with Crippen LogP contribution in [0.4, 0.5) is 10.1 Å². The lowest BCUT2D eigenvalue weighted by molar-refractivity contribution is -0.121. The molecule has 0 N–H and O–H groups in total. The van der Waals surface area contributed by atoms with Crippen molar-refractivity contribution in [2.75, 3.05) is 4.90 Å². The Morgan fingerprint density at radius 1 is 1.00 bits per heavy atom. The van der Waals surface area contributed by atoms with Gasteiger partial charge >= 0.3 is 0 Å². The third kappa shape index (κ3) is 3.37. The molecule has 1 aliphatic carbocycles. The van der Waals surface area contributed by atoms with Crippen molar-refractivity contribution in [3.05, 3.63) is 76.2 Å². The lowest BCUT2D eigenvalue weighted by Crippen LogP contribution is -2.43. The zero-order valence-corrected chi connectivity index (χ0v) is 16.6. The Morgan fingerprint density at radius 2 is 1.64 bits per heavy atom. The minimum Gasteiger partial charge on any atom is -0.294 e. The first-order valence-electron chi connectivity index (χ1n) is 9.35. The number of amides is 1. The molecule has 144 valence electrons. The first-order chi connectivity index (χ1) is 13.2. The van der Waals surface area contributed by atoms with Gasteiger partial charge < -0.3 is 0 Å². The minimum atomic E-state index is -0.360. The van der Waals surface area contributed by atoms with Crippen LogP contribution in [0.25, 0.3) is 0 Å². The Labute approximate surface area is 168 Å². The highest BCUT2D eigenvalue weighted by atomic mass is 35.5. The largest absolute Gasteiger partial charge is 0.294 e. The maximum Gasteiger partial charge on any atom is 0.232 e. The molecule has 1 atom stereocenters. The van der Waals surface area contributed by atoms with Crippen LogP contribution in [0.15, 0.2) is 59.8 Å². The number of Topliss-reactive ketones (excluding diaryl/α,β-unsaturated/α-hetero) is 1. The number of nitrogens with zero attached hydrogens (tertiary/aromatic N) is 1. The van der Waals surface area contributed by atoms with Crippen molar-refractivity contribution < 1.29 is 14.0 Å². The molecule has 1 unspecified atom stereocenters. The van der Waals surface area contributed by atoms with Gasteiger partial charge in [-0.25, -0.2) is 4.39 Å². The fourth-order valence-corrected chi connectivity index (χ4v) is 4.41. The van der Waals surface area contributed by atoms with E-state index < -0.39 is 0 Å². The number of carbonyl (C=O) groups is 2. The molecule has 1 amide bonds. The summed E-state index contributed by atoms with van der Waals surface area (Å²) in [5.74, 6) is -0.650. The quantitative estimate of drug-likeness (QED) is 0.657. The summed E-state index contributed by atoms with van der Waals surface area (Å²) in [5, 5.41) is 0.615. The summed E-state index contributed by atoms with van der Waals surface area (Å²) in [5.41, 5.74) is 2.71. The van der Waals surface area contributed by atoms with Crippen LogP contribution in [0.2, 0.25) is 5.02 Å². The molecule has 0 saturated carbocycles. The van der Waals surface area contributed by atoms with Crippen LogP contribution in [-0.4, -0.2) is 11.7 Å². The Bertz CT molecular complexity index is 977. The van der Waals surface area contributed by atoms with Gasteiger partial charge in [0.05, 0.1) is 0 Å². The summed E-state index contributed by atoms with van der Waals surface area (Å²) in [6.45, 7) is 4.07. The van der Waals surface area contributed by atoms with Crippen molar-refractivity contribution in [1.29, 1.82) is 0 Å². The molecule has 0 saturated heterocycles. The summed E-state index contributed by atoms with van der Waals surface area (Å²) in [4.78, 5) is 27.9. The van der Waals surface area contributed by atoms with Crippen LogP contribution >= 0.6 is 11.6 Å². The maximum absolute atomic E-state index is 13.4. The van der Waals surface area contributed by atoms with Gasteiger partial charge in [-0.3, -0.25) is 14.5 Å². The summed E-state index contributed by atoms with van der Waals surface area (Å²) in [6.07, 6.45) is 1.26. The SMILES string of the molecule is CC1(C)CC(=O)C2=C(C1)N(c1ccc(F)cc1)C(=O)CC2c1ccc(Cl)cc1. The van der Waals surface area contributed by atoms with E-state index in [0.29, 0.717) is 29.1 Å². The van der Waals surface area contributed by atoms with Crippen LogP contribution in [0.5, 0.6) is 0 Å². The zero-order valence-electron chi connectivity index (χ0n) is 15.8. The Balaban J connectivity index is 1.88. The van der Waals surface area contributed by atoms with Gasteiger partial charge in [-0.1, -0.05) is 37.6 Å². The van der Waals surface area contributed by atoms with Crippen LogP contribution < -0.4 is 4.90 Å². The molecule has 2 aromatic carbocycles. The first-order valence-corrected chi connectivity index (χ1v) is 9.73. The van der Waals surface area contributed by atoms with E-state index in [1.165, 1.54) is 12.1 Å². The molecule has 2 aliphatic rings. The van der Waals surface area contributed by atoms with Crippen molar-refractivity contribution in [3.8, 4) is 0 Å². The monoisotopic (exact) mass is 397 g/mol. The van der Waals surface area contributed by atoms with Crippen LogP contribution in [0.3, 0.4) is 0 Å². The lowest BCUT2D eigenvalue weighted by Gasteiger charge is -2.43. The molecule has 3 nitrogen and oxygen atoms in total.